The van der Waals surface area contributed by atoms with Gasteiger partial charge in [-0.15, -0.1) is 0 Å². The van der Waals surface area contributed by atoms with E-state index in [1.807, 2.05) is 0 Å². The maximum absolute atomic E-state index is 5.90. The summed E-state index contributed by atoms with van der Waals surface area (Å²) in [5.41, 5.74) is 1.37. The maximum atomic E-state index is 5.90. The zero-order valence-electron chi connectivity index (χ0n) is 13.8. The van der Waals surface area contributed by atoms with Crippen molar-refractivity contribution in [3.8, 4) is 5.75 Å². The van der Waals surface area contributed by atoms with Crippen LogP contribution in [-0.4, -0.2) is 38.2 Å². The minimum Gasteiger partial charge on any atom is -0.494 e. The van der Waals surface area contributed by atoms with Crippen LogP contribution in [0.3, 0.4) is 0 Å². The van der Waals surface area contributed by atoms with Crippen molar-refractivity contribution < 1.29 is 4.74 Å². The molecule has 1 heterocycles. The molecule has 1 aromatic carbocycles. The average Bonchev–Trinajstić information content (AvgIpc) is 2.50. The van der Waals surface area contributed by atoms with Crippen molar-refractivity contribution in [1.82, 2.24) is 10.2 Å². The van der Waals surface area contributed by atoms with Gasteiger partial charge in [-0.1, -0.05) is 25.1 Å². The van der Waals surface area contributed by atoms with E-state index in [0.29, 0.717) is 12.0 Å². The van der Waals surface area contributed by atoms with E-state index in [9.17, 15) is 0 Å². The van der Waals surface area contributed by atoms with E-state index < -0.39 is 0 Å². The Balaban J connectivity index is 2.32. The highest BCUT2D eigenvalue weighted by molar-refractivity contribution is 5.36. The van der Waals surface area contributed by atoms with Gasteiger partial charge in [-0.2, -0.15) is 0 Å². The van der Waals surface area contributed by atoms with E-state index >= 15 is 0 Å². The first-order chi connectivity index (χ1) is 10.3. The third-order valence-electron chi connectivity index (χ3n) is 4.37. The molecule has 0 amide bonds. The van der Waals surface area contributed by atoms with Crippen LogP contribution in [0, 0.1) is 5.92 Å². The van der Waals surface area contributed by atoms with Gasteiger partial charge in [0.05, 0.1) is 6.61 Å². The summed E-state index contributed by atoms with van der Waals surface area (Å²) in [5, 5.41) is 3.38. The van der Waals surface area contributed by atoms with E-state index in [2.05, 4.69) is 55.4 Å². The number of nitrogens with zero attached hydrogens (tertiary/aromatic N) is 1. The molecule has 0 radical (unpaired) electrons. The Labute approximate surface area is 129 Å². The van der Waals surface area contributed by atoms with Crippen LogP contribution >= 0.6 is 0 Å². The largest absolute Gasteiger partial charge is 0.494 e. The van der Waals surface area contributed by atoms with Crippen molar-refractivity contribution in [2.24, 2.45) is 5.92 Å². The second-order valence-corrected chi connectivity index (χ2v) is 5.91. The lowest BCUT2D eigenvalue weighted by molar-refractivity contribution is 0.0899. The van der Waals surface area contributed by atoms with E-state index in [1.54, 1.807) is 0 Å². The molecular formula is C18H30N2O. The summed E-state index contributed by atoms with van der Waals surface area (Å²) in [5.74, 6) is 1.73. The maximum Gasteiger partial charge on any atom is 0.124 e. The molecule has 1 N–H and O–H groups in total. The summed E-state index contributed by atoms with van der Waals surface area (Å²) in [6.45, 7) is 8.52. The quantitative estimate of drug-likeness (QED) is 0.832. The van der Waals surface area contributed by atoms with Crippen molar-refractivity contribution in [3.63, 3.8) is 0 Å². The first kappa shape index (κ1) is 16.3. The van der Waals surface area contributed by atoms with E-state index in [4.69, 9.17) is 4.74 Å². The van der Waals surface area contributed by atoms with E-state index in [0.717, 1.165) is 18.9 Å². The number of benzene rings is 1. The summed E-state index contributed by atoms with van der Waals surface area (Å²) >= 11 is 0. The highest BCUT2D eigenvalue weighted by Gasteiger charge is 2.33. The monoisotopic (exact) mass is 290 g/mol. The number of para-hydroxylation sites is 1. The first-order valence-electron chi connectivity index (χ1n) is 8.42. The number of nitrogens with one attached hydrogen (secondary N) is 1. The molecule has 1 saturated heterocycles. The molecule has 2 unspecified atom stereocenters. The van der Waals surface area contributed by atoms with Crippen LogP contribution in [0.2, 0.25) is 0 Å². The number of rotatable bonds is 7. The number of ether oxygens (including phenoxy) is 1. The summed E-state index contributed by atoms with van der Waals surface area (Å²) in [6.07, 6.45) is 3.81. The first-order valence-corrected chi connectivity index (χ1v) is 8.42. The lowest BCUT2D eigenvalue weighted by Gasteiger charge is -2.42. The third kappa shape index (κ3) is 3.98. The van der Waals surface area contributed by atoms with Crippen LogP contribution in [0.5, 0.6) is 5.75 Å². The van der Waals surface area contributed by atoms with Crippen molar-refractivity contribution in [2.45, 2.75) is 39.2 Å². The zero-order chi connectivity index (χ0) is 15.1. The van der Waals surface area contributed by atoms with Gasteiger partial charge in [0.25, 0.3) is 0 Å². The smallest absolute Gasteiger partial charge is 0.124 e. The Hall–Kier alpha value is -1.06. The standard InChI is InChI=1S/C18H30N2O/c1-4-12-20-13-8-9-15(14-19-3)18(20)16-10-6-7-11-17(16)21-5-2/h6-7,10-11,15,18-19H,4-5,8-9,12-14H2,1-3H3. The lowest BCUT2D eigenvalue weighted by atomic mass is 9.84. The molecule has 0 saturated carbocycles. The van der Waals surface area contributed by atoms with Gasteiger partial charge in [-0.25, -0.2) is 0 Å². The van der Waals surface area contributed by atoms with Gasteiger partial charge >= 0.3 is 0 Å². The van der Waals surface area contributed by atoms with Gasteiger partial charge in [0.1, 0.15) is 5.75 Å². The molecule has 0 aliphatic carbocycles. The molecule has 0 aromatic heterocycles. The van der Waals surface area contributed by atoms with Gasteiger partial charge in [0, 0.05) is 11.6 Å². The number of likely N-dealkylation sites (tertiary alicyclic amines) is 1. The van der Waals surface area contributed by atoms with Gasteiger partial charge in [0.2, 0.25) is 0 Å². The second kappa shape index (κ2) is 8.40. The summed E-state index contributed by atoms with van der Waals surface area (Å²) in [4.78, 5) is 2.66. The molecule has 1 aliphatic heterocycles. The minimum atomic E-state index is 0.480. The summed E-state index contributed by atoms with van der Waals surface area (Å²) < 4.78 is 5.90. The molecule has 0 spiro atoms. The molecular weight excluding hydrogens is 260 g/mol. The fourth-order valence-electron chi connectivity index (χ4n) is 3.63. The van der Waals surface area contributed by atoms with E-state index in [1.165, 1.54) is 37.9 Å². The fraction of sp³-hybridized carbons (Fsp3) is 0.667. The third-order valence-corrected chi connectivity index (χ3v) is 4.37. The Morgan fingerprint density at radius 2 is 2.10 bits per heavy atom. The lowest BCUT2D eigenvalue weighted by Crippen LogP contribution is -2.42. The van der Waals surface area contributed by atoms with Crippen LogP contribution in [0.25, 0.3) is 0 Å². The van der Waals surface area contributed by atoms with Crippen molar-refractivity contribution in [1.29, 1.82) is 0 Å². The van der Waals surface area contributed by atoms with Crippen molar-refractivity contribution >= 4 is 0 Å². The highest BCUT2D eigenvalue weighted by atomic mass is 16.5. The molecule has 118 valence electrons. The number of hydrogen-bond acceptors (Lipinski definition) is 3. The molecule has 21 heavy (non-hydrogen) atoms. The van der Waals surface area contributed by atoms with Crippen molar-refractivity contribution in [3.05, 3.63) is 29.8 Å². The van der Waals surface area contributed by atoms with E-state index in [-0.39, 0.29) is 0 Å². The molecule has 2 rings (SSSR count). The highest BCUT2D eigenvalue weighted by Crippen LogP contribution is 2.39. The van der Waals surface area contributed by atoms with Crippen LogP contribution in [0.4, 0.5) is 0 Å². The molecule has 3 heteroatoms. The number of hydrogen-bond donors (Lipinski definition) is 1. The fourth-order valence-corrected chi connectivity index (χ4v) is 3.63. The summed E-state index contributed by atoms with van der Waals surface area (Å²) in [7, 11) is 2.06. The van der Waals surface area contributed by atoms with Crippen LogP contribution < -0.4 is 10.1 Å². The van der Waals surface area contributed by atoms with Gasteiger partial charge in [0.15, 0.2) is 0 Å². The van der Waals surface area contributed by atoms with Gasteiger partial charge < -0.3 is 10.1 Å². The predicted octanol–water partition coefficient (Wildman–Crippen LogP) is 3.47. The Kier molecular flexibility index (Phi) is 6.52. The Bertz CT molecular complexity index is 403. The van der Waals surface area contributed by atoms with Crippen LogP contribution in [-0.2, 0) is 0 Å². The SMILES string of the molecule is CCCN1CCCC(CNC)C1c1ccccc1OCC. The van der Waals surface area contributed by atoms with Crippen molar-refractivity contribution in [2.75, 3.05) is 33.3 Å². The van der Waals surface area contributed by atoms with Crippen LogP contribution in [0.15, 0.2) is 24.3 Å². The predicted molar refractivity (Wildman–Crippen MR) is 88.9 cm³/mol. The van der Waals surface area contributed by atoms with Crippen LogP contribution in [0.1, 0.15) is 44.7 Å². The molecule has 1 aromatic rings. The van der Waals surface area contributed by atoms with Gasteiger partial charge in [-0.3, -0.25) is 4.90 Å². The topological polar surface area (TPSA) is 24.5 Å². The summed E-state index contributed by atoms with van der Waals surface area (Å²) in [6, 6.07) is 9.08. The van der Waals surface area contributed by atoms with Gasteiger partial charge in [-0.05, 0) is 64.9 Å². The molecule has 1 aliphatic rings. The molecule has 2 atom stereocenters. The molecule has 0 bridgehead atoms. The Morgan fingerprint density at radius 3 is 2.81 bits per heavy atom. The molecule has 1 fully saturated rings. The zero-order valence-corrected chi connectivity index (χ0v) is 13.8. The normalized spacial score (nSPS) is 23.2. The Morgan fingerprint density at radius 1 is 1.29 bits per heavy atom. The second-order valence-electron chi connectivity index (χ2n) is 5.91. The average molecular weight is 290 g/mol. The number of piperidine rings is 1. The molecule has 3 nitrogen and oxygen atoms in total. The minimum absolute atomic E-state index is 0.480.